The number of hydrogen-bond donors (Lipinski definition) is 1. The predicted octanol–water partition coefficient (Wildman–Crippen LogP) is 2.44. The Morgan fingerprint density at radius 3 is 2.87 bits per heavy atom. The first-order valence-corrected chi connectivity index (χ1v) is 10.3. The summed E-state index contributed by atoms with van der Waals surface area (Å²) in [7, 11) is 0. The van der Waals surface area contributed by atoms with Gasteiger partial charge in [0.1, 0.15) is 11.3 Å². The Labute approximate surface area is 182 Å². The van der Waals surface area contributed by atoms with Crippen LogP contribution in [0.2, 0.25) is 0 Å². The topological polar surface area (TPSA) is 81.0 Å². The summed E-state index contributed by atoms with van der Waals surface area (Å²) < 4.78 is 17.5. The quantitative estimate of drug-likeness (QED) is 0.741. The lowest BCUT2D eigenvalue weighted by atomic mass is 10.0. The molecule has 1 aromatic carbocycles. The fraction of sp³-hybridized carbons (Fsp3) is 0.545. The van der Waals surface area contributed by atoms with E-state index in [-0.39, 0.29) is 29.5 Å². The Kier molecular flexibility index (Phi) is 6.75. The van der Waals surface area contributed by atoms with Crippen LogP contribution in [0.4, 0.5) is 0 Å². The summed E-state index contributed by atoms with van der Waals surface area (Å²) in [6.07, 6.45) is 0.928. The van der Waals surface area contributed by atoms with Crippen LogP contribution in [-0.2, 0) is 16.0 Å². The van der Waals surface area contributed by atoms with Gasteiger partial charge in [0.15, 0.2) is 6.10 Å². The van der Waals surface area contributed by atoms with Crippen LogP contribution in [0, 0.1) is 6.92 Å². The molecule has 2 fully saturated rings. The highest BCUT2D eigenvalue weighted by Gasteiger charge is 2.41. The maximum atomic E-state index is 13.1. The molecular formula is C22H29ClN2O5. The molecule has 8 heteroatoms. The molecule has 7 nitrogen and oxygen atoms in total. The van der Waals surface area contributed by atoms with Crippen molar-refractivity contribution in [3.05, 3.63) is 39.7 Å². The number of benzene rings is 1. The molecule has 1 aromatic heterocycles. The fourth-order valence-corrected chi connectivity index (χ4v) is 4.35. The number of hydrogen-bond acceptors (Lipinski definition) is 6. The number of carbonyl (C=O) groups is 1. The Hall–Kier alpha value is -2.09. The van der Waals surface area contributed by atoms with Gasteiger partial charge in [-0.3, -0.25) is 4.79 Å². The molecule has 2 aliphatic heterocycles. The number of nitrogens with one attached hydrogen (secondary N) is 1. The molecule has 2 aliphatic rings. The van der Waals surface area contributed by atoms with Crippen LogP contribution in [-0.4, -0.2) is 55.3 Å². The van der Waals surface area contributed by atoms with Crippen LogP contribution < -0.4 is 15.7 Å². The lowest BCUT2D eigenvalue weighted by Gasteiger charge is -2.40. The summed E-state index contributed by atoms with van der Waals surface area (Å²) in [4.78, 5) is 26.8. The summed E-state index contributed by atoms with van der Waals surface area (Å²) in [6, 6.07) is 5.22. The van der Waals surface area contributed by atoms with Gasteiger partial charge in [0, 0.05) is 19.2 Å². The second kappa shape index (κ2) is 8.96. The van der Waals surface area contributed by atoms with Crippen LogP contribution in [0.25, 0.3) is 11.0 Å². The highest BCUT2D eigenvalue weighted by atomic mass is 35.5. The number of carbonyl (C=O) groups excluding carboxylic acids is 1. The molecule has 2 unspecified atom stereocenters. The number of halogens is 1. The van der Waals surface area contributed by atoms with Gasteiger partial charge in [-0.1, -0.05) is 6.92 Å². The van der Waals surface area contributed by atoms with Gasteiger partial charge in [-0.25, -0.2) is 4.79 Å². The molecule has 164 valence electrons. The minimum absolute atomic E-state index is 0. The van der Waals surface area contributed by atoms with Crippen LogP contribution >= 0.6 is 12.4 Å². The van der Waals surface area contributed by atoms with E-state index in [4.69, 9.17) is 13.9 Å². The molecule has 2 aromatic rings. The Balaban J connectivity index is 0.00000256. The van der Waals surface area contributed by atoms with Crippen molar-refractivity contribution >= 4 is 29.3 Å². The standard InChI is InChI=1S/C22H28N2O5.ClH/c1-4-16-11-19(25)29-18-10-14(2)9-17(20(16)18)28-15(3)21(26)24-7-8-27-22(13-24)5-6-23-12-22;/h9-11,15,23H,4-8,12-13H2,1-3H3;1H. The summed E-state index contributed by atoms with van der Waals surface area (Å²) in [5.41, 5.74) is 1.60. The van der Waals surface area contributed by atoms with Gasteiger partial charge in [-0.15, -0.1) is 12.4 Å². The van der Waals surface area contributed by atoms with Crippen molar-refractivity contribution in [3.8, 4) is 5.75 Å². The molecule has 2 saturated heterocycles. The van der Waals surface area contributed by atoms with Crippen molar-refractivity contribution in [1.29, 1.82) is 0 Å². The lowest BCUT2D eigenvalue weighted by Crippen LogP contribution is -2.56. The monoisotopic (exact) mass is 436 g/mol. The zero-order valence-electron chi connectivity index (χ0n) is 17.7. The first-order valence-electron chi connectivity index (χ1n) is 10.3. The molecule has 0 bridgehead atoms. The van der Waals surface area contributed by atoms with Crippen molar-refractivity contribution in [2.45, 2.75) is 45.3 Å². The Morgan fingerprint density at radius 2 is 2.17 bits per heavy atom. The largest absolute Gasteiger partial charge is 0.480 e. The van der Waals surface area contributed by atoms with Gasteiger partial charge in [0.2, 0.25) is 0 Å². The first kappa shape index (κ1) is 22.6. The molecule has 0 saturated carbocycles. The predicted molar refractivity (Wildman–Crippen MR) is 117 cm³/mol. The third-order valence-corrected chi connectivity index (χ3v) is 5.83. The molecule has 3 heterocycles. The van der Waals surface area contributed by atoms with E-state index in [1.165, 1.54) is 6.07 Å². The van der Waals surface area contributed by atoms with E-state index in [1.807, 2.05) is 30.9 Å². The molecule has 0 radical (unpaired) electrons. The van der Waals surface area contributed by atoms with Crippen molar-refractivity contribution in [2.75, 3.05) is 32.8 Å². The van der Waals surface area contributed by atoms with Crippen molar-refractivity contribution in [3.63, 3.8) is 0 Å². The zero-order chi connectivity index (χ0) is 20.6. The number of fused-ring (bicyclic) bond motifs is 1. The number of rotatable bonds is 4. The van der Waals surface area contributed by atoms with Crippen molar-refractivity contribution in [2.24, 2.45) is 0 Å². The van der Waals surface area contributed by atoms with E-state index >= 15 is 0 Å². The van der Waals surface area contributed by atoms with E-state index in [9.17, 15) is 9.59 Å². The average molecular weight is 437 g/mol. The van der Waals surface area contributed by atoms with Crippen LogP contribution in [0.1, 0.15) is 31.4 Å². The van der Waals surface area contributed by atoms with Gasteiger partial charge in [-0.2, -0.15) is 0 Å². The summed E-state index contributed by atoms with van der Waals surface area (Å²) in [6.45, 7) is 9.04. The average Bonchev–Trinajstić information content (AvgIpc) is 3.13. The molecule has 30 heavy (non-hydrogen) atoms. The Morgan fingerprint density at radius 1 is 1.37 bits per heavy atom. The second-order valence-corrected chi connectivity index (χ2v) is 8.06. The van der Waals surface area contributed by atoms with Crippen LogP contribution in [0.5, 0.6) is 5.75 Å². The SMILES string of the molecule is CCc1cc(=O)oc2cc(C)cc(OC(C)C(=O)N3CCOC4(CCNC4)C3)c12.Cl. The highest BCUT2D eigenvalue weighted by Crippen LogP contribution is 2.31. The molecule has 0 aliphatic carbocycles. The summed E-state index contributed by atoms with van der Waals surface area (Å²) in [5.74, 6) is 0.525. The fourth-order valence-electron chi connectivity index (χ4n) is 4.35. The van der Waals surface area contributed by atoms with Gasteiger partial charge in [0.25, 0.3) is 5.91 Å². The van der Waals surface area contributed by atoms with E-state index in [2.05, 4.69) is 5.32 Å². The van der Waals surface area contributed by atoms with Gasteiger partial charge in [0.05, 0.1) is 24.1 Å². The third-order valence-electron chi connectivity index (χ3n) is 5.83. The minimum Gasteiger partial charge on any atom is -0.480 e. The summed E-state index contributed by atoms with van der Waals surface area (Å²) in [5, 5.41) is 4.08. The summed E-state index contributed by atoms with van der Waals surface area (Å²) >= 11 is 0. The van der Waals surface area contributed by atoms with Gasteiger partial charge < -0.3 is 24.1 Å². The molecular weight excluding hydrogens is 408 g/mol. The maximum Gasteiger partial charge on any atom is 0.336 e. The number of amides is 1. The van der Waals surface area contributed by atoms with E-state index in [1.54, 1.807) is 6.92 Å². The van der Waals surface area contributed by atoms with E-state index in [0.29, 0.717) is 37.4 Å². The third kappa shape index (κ3) is 4.33. The number of morpholine rings is 1. The van der Waals surface area contributed by atoms with Crippen molar-refractivity contribution < 1.29 is 18.7 Å². The van der Waals surface area contributed by atoms with Crippen molar-refractivity contribution in [1.82, 2.24) is 10.2 Å². The number of aryl methyl sites for hydroxylation is 2. The second-order valence-electron chi connectivity index (χ2n) is 8.06. The minimum atomic E-state index is -0.652. The lowest BCUT2D eigenvalue weighted by molar-refractivity contribution is -0.153. The molecule has 1 amide bonds. The number of nitrogens with zero attached hydrogens (tertiary/aromatic N) is 1. The highest BCUT2D eigenvalue weighted by molar-refractivity contribution is 5.88. The maximum absolute atomic E-state index is 13.1. The smallest absolute Gasteiger partial charge is 0.336 e. The van der Waals surface area contributed by atoms with Crippen LogP contribution in [0.3, 0.4) is 0 Å². The van der Waals surface area contributed by atoms with E-state index in [0.717, 1.165) is 36.0 Å². The van der Waals surface area contributed by atoms with Gasteiger partial charge >= 0.3 is 5.63 Å². The normalized spacial score (nSPS) is 22.2. The first-order chi connectivity index (χ1) is 13.9. The van der Waals surface area contributed by atoms with Crippen LogP contribution in [0.15, 0.2) is 27.4 Å². The van der Waals surface area contributed by atoms with E-state index < -0.39 is 6.10 Å². The molecule has 2 atom stereocenters. The molecule has 1 spiro atoms. The number of ether oxygens (including phenoxy) is 2. The zero-order valence-corrected chi connectivity index (χ0v) is 18.5. The molecule has 1 N–H and O–H groups in total. The molecule has 4 rings (SSSR count). The Bertz CT molecular complexity index is 983. The van der Waals surface area contributed by atoms with Gasteiger partial charge in [-0.05, 0) is 56.5 Å².